The maximum absolute atomic E-state index is 13.3. The van der Waals surface area contributed by atoms with Crippen LogP contribution in [-0.2, 0) is 39.3 Å². The van der Waals surface area contributed by atoms with Crippen molar-refractivity contribution in [3.8, 4) is 5.75 Å². The number of rotatable bonds is 9. The molecule has 0 aliphatic carbocycles. The zero-order valence-corrected chi connectivity index (χ0v) is 27.2. The summed E-state index contributed by atoms with van der Waals surface area (Å²) in [6, 6.07) is 4.58. The van der Waals surface area contributed by atoms with Gasteiger partial charge in [-0.25, -0.2) is 14.2 Å². The number of carbonyl (C=O) groups excluding carboxylic acids is 1. The van der Waals surface area contributed by atoms with Gasteiger partial charge in [0.2, 0.25) is 0 Å². The lowest BCUT2D eigenvalue weighted by Crippen LogP contribution is -2.42. The monoisotopic (exact) mass is 741 g/mol. The number of ether oxygens (including phenoxy) is 2. The van der Waals surface area contributed by atoms with Crippen molar-refractivity contribution in [2.75, 3.05) is 6.61 Å². The van der Waals surface area contributed by atoms with Gasteiger partial charge < -0.3 is 24.8 Å². The topological polar surface area (TPSA) is 198 Å². The van der Waals surface area contributed by atoms with Crippen molar-refractivity contribution in [3.63, 3.8) is 0 Å². The van der Waals surface area contributed by atoms with Crippen LogP contribution in [0.2, 0.25) is 0 Å². The van der Waals surface area contributed by atoms with Crippen molar-refractivity contribution in [1.29, 1.82) is 0 Å². The predicted octanol–water partition coefficient (Wildman–Crippen LogP) is 4.15. The van der Waals surface area contributed by atoms with E-state index in [0.717, 1.165) is 11.1 Å². The first-order valence-corrected chi connectivity index (χ1v) is 16.1. The first-order chi connectivity index (χ1) is 21.5. The molecule has 4 N–H and O–H groups in total. The molecule has 0 spiro atoms. The van der Waals surface area contributed by atoms with Crippen LogP contribution in [0.3, 0.4) is 0 Å². The maximum Gasteiger partial charge on any atom is 0.530 e. The summed E-state index contributed by atoms with van der Waals surface area (Å²) in [6.07, 6.45) is -4.35. The Bertz CT molecular complexity index is 1610. The molecule has 254 valence electrons. The molecule has 0 saturated carbocycles. The molecule has 0 bridgehead atoms. The average Bonchev–Trinajstić information content (AvgIpc) is 3.39. The Hall–Kier alpha value is -3.28. The number of nitrogens with one attached hydrogen (secondary N) is 1. The smallest absolute Gasteiger partial charge is 0.475 e. The maximum atomic E-state index is 13.3. The largest absolute Gasteiger partial charge is 0.530 e. The molecule has 1 aromatic carbocycles. The standard InChI is InChI=1S/C25H31BrN3O9P.C2HF3O2/c1-4-14(2)21(27)24(31)37-18-10-20(29-11-16(8-9-26)23(30)28-25(29)32)36-19(18)13-35-39(33)34-12-17-7-5-6-15(3)22(17)38-39;3-2(4,5)1(6)7/h5-9,11,14,18-21H,4,10,12-13,27H2,1-3H3,(H,28,30,32);(H,6,7)/b9-8+;/t14?,18-,19+,20+,21-,39?;/m0./s1. The number of nitrogens with zero attached hydrogens (tertiary/aromatic N) is 1. The van der Waals surface area contributed by atoms with Crippen molar-refractivity contribution < 1.29 is 55.5 Å². The molecule has 1 aromatic heterocycles. The van der Waals surface area contributed by atoms with Crippen LogP contribution in [-0.4, -0.2) is 57.6 Å². The molecular formula is C27H32BrF3N3O11P. The van der Waals surface area contributed by atoms with E-state index in [1.54, 1.807) is 6.07 Å². The summed E-state index contributed by atoms with van der Waals surface area (Å²) in [6.45, 7) is 5.25. The van der Waals surface area contributed by atoms with Gasteiger partial charge in [-0.1, -0.05) is 54.4 Å². The highest BCUT2D eigenvalue weighted by Crippen LogP contribution is 2.55. The van der Waals surface area contributed by atoms with E-state index < -0.39 is 61.7 Å². The summed E-state index contributed by atoms with van der Waals surface area (Å²) >= 11 is 3.11. The van der Waals surface area contributed by atoms with Crippen LogP contribution in [0.25, 0.3) is 6.08 Å². The lowest BCUT2D eigenvalue weighted by molar-refractivity contribution is -0.192. The van der Waals surface area contributed by atoms with Crippen molar-refractivity contribution in [2.24, 2.45) is 11.7 Å². The summed E-state index contributed by atoms with van der Waals surface area (Å²) in [5.41, 5.74) is 6.49. The second-order valence-corrected chi connectivity index (χ2v) is 12.4. The summed E-state index contributed by atoms with van der Waals surface area (Å²) in [7, 11) is -4.03. The van der Waals surface area contributed by atoms with Crippen LogP contribution in [0.15, 0.2) is 39.0 Å². The minimum Gasteiger partial charge on any atom is -0.475 e. The van der Waals surface area contributed by atoms with E-state index in [9.17, 15) is 32.1 Å². The number of carboxylic acids is 1. The Morgan fingerprint density at radius 3 is 2.61 bits per heavy atom. The third-order valence-electron chi connectivity index (χ3n) is 7.04. The van der Waals surface area contributed by atoms with Gasteiger partial charge in [-0.05, 0) is 29.5 Å². The molecule has 1 fully saturated rings. The molecule has 14 nitrogen and oxygen atoms in total. The summed E-state index contributed by atoms with van der Waals surface area (Å²) in [4.78, 5) is 50.1. The molecule has 19 heteroatoms. The molecule has 0 amide bonds. The molecule has 2 unspecified atom stereocenters. The summed E-state index contributed by atoms with van der Waals surface area (Å²) in [5.74, 6) is -3.10. The third-order valence-corrected chi connectivity index (χ3v) is 8.62. The quantitative estimate of drug-likeness (QED) is 0.246. The van der Waals surface area contributed by atoms with Gasteiger partial charge in [0, 0.05) is 18.2 Å². The number of para-hydroxylation sites is 1. The molecule has 2 aromatic rings. The molecule has 3 heterocycles. The van der Waals surface area contributed by atoms with Crippen LogP contribution in [0, 0.1) is 12.8 Å². The number of aryl methyl sites for hydroxylation is 1. The number of H-pyrrole nitrogens is 1. The minimum absolute atomic E-state index is 0.0290. The van der Waals surface area contributed by atoms with Gasteiger partial charge in [-0.2, -0.15) is 13.2 Å². The van der Waals surface area contributed by atoms with Gasteiger partial charge in [-0.3, -0.25) is 28.2 Å². The van der Waals surface area contributed by atoms with Crippen molar-refractivity contribution in [1.82, 2.24) is 9.55 Å². The van der Waals surface area contributed by atoms with Gasteiger partial charge in [-0.15, -0.1) is 0 Å². The molecule has 6 atom stereocenters. The average molecular weight is 742 g/mol. The number of carbonyl (C=O) groups is 2. The number of phosphoric acid groups is 1. The zero-order valence-electron chi connectivity index (χ0n) is 24.7. The summed E-state index contributed by atoms with van der Waals surface area (Å²) in [5, 5.41) is 7.12. The van der Waals surface area contributed by atoms with Gasteiger partial charge in [0.25, 0.3) is 5.56 Å². The van der Waals surface area contributed by atoms with Crippen molar-refractivity contribution >= 4 is 41.8 Å². The molecular weight excluding hydrogens is 710 g/mol. The number of aliphatic carboxylic acids is 1. The minimum atomic E-state index is -5.08. The Balaban J connectivity index is 0.000000738. The fraction of sp³-hybridized carbons (Fsp3) is 0.481. The van der Waals surface area contributed by atoms with Crippen molar-refractivity contribution in [3.05, 3.63) is 66.9 Å². The number of hydrogen-bond donors (Lipinski definition) is 3. The highest BCUT2D eigenvalue weighted by atomic mass is 79.9. The van der Waals surface area contributed by atoms with Gasteiger partial charge in [0.15, 0.2) is 0 Å². The normalized spacial score (nSPS) is 23.9. The summed E-state index contributed by atoms with van der Waals surface area (Å²) < 4.78 is 74.6. The molecule has 46 heavy (non-hydrogen) atoms. The predicted molar refractivity (Wildman–Crippen MR) is 159 cm³/mol. The Morgan fingerprint density at radius 2 is 2.00 bits per heavy atom. The second kappa shape index (κ2) is 15.5. The number of benzene rings is 1. The van der Waals surface area contributed by atoms with E-state index in [1.807, 2.05) is 32.9 Å². The first kappa shape index (κ1) is 37.2. The highest BCUT2D eigenvalue weighted by molar-refractivity contribution is 9.11. The van der Waals surface area contributed by atoms with Crippen LogP contribution in [0.5, 0.6) is 5.75 Å². The van der Waals surface area contributed by atoms with E-state index in [1.165, 1.54) is 21.8 Å². The Labute approximate surface area is 268 Å². The van der Waals surface area contributed by atoms with Crippen molar-refractivity contribution in [2.45, 2.75) is 70.9 Å². The van der Waals surface area contributed by atoms with Gasteiger partial charge in [0.05, 0.1) is 18.8 Å². The van der Waals surface area contributed by atoms with Crippen LogP contribution < -0.4 is 21.5 Å². The van der Waals surface area contributed by atoms with E-state index in [4.69, 9.17) is 38.7 Å². The van der Waals surface area contributed by atoms with E-state index in [2.05, 4.69) is 20.9 Å². The highest BCUT2D eigenvalue weighted by Gasteiger charge is 2.44. The number of esters is 1. The fourth-order valence-corrected chi connectivity index (χ4v) is 5.81. The molecule has 0 radical (unpaired) electrons. The number of carboxylic acid groups (broad SMARTS) is 1. The second-order valence-electron chi connectivity index (χ2n) is 10.3. The van der Waals surface area contributed by atoms with Crippen LogP contribution in [0.1, 0.15) is 49.6 Å². The Morgan fingerprint density at radius 1 is 1.33 bits per heavy atom. The first-order valence-electron chi connectivity index (χ1n) is 13.7. The third kappa shape index (κ3) is 9.39. The Kier molecular flexibility index (Phi) is 12.6. The number of aromatic nitrogens is 2. The van der Waals surface area contributed by atoms with Gasteiger partial charge >= 0.3 is 31.6 Å². The number of halogens is 4. The van der Waals surface area contributed by atoms with E-state index in [0.29, 0.717) is 12.2 Å². The number of phosphoric ester groups is 1. The number of fused-ring (bicyclic) bond motifs is 1. The van der Waals surface area contributed by atoms with E-state index in [-0.39, 0.29) is 31.1 Å². The lowest BCUT2D eigenvalue weighted by Gasteiger charge is -2.27. The number of aromatic amines is 1. The number of alkyl halides is 3. The number of hydrogen-bond acceptors (Lipinski definition) is 11. The molecule has 1 saturated heterocycles. The zero-order chi connectivity index (χ0) is 34.4. The van der Waals surface area contributed by atoms with Crippen LogP contribution >= 0.6 is 23.8 Å². The lowest BCUT2D eigenvalue weighted by atomic mass is 10.0. The molecule has 2 aliphatic rings. The fourth-order valence-electron chi connectivity index (χ4n) is 4.23. The SMILES string of the molecule is CCC(C)[C@H](N)C(=O)O[C@H]1C[C@H](n2cc(/C=C/Br)c(=O)[nH]c2=O)O[C@@H]1COP1(=O)OCc2cccc(C)c2O1.O=C(O)C(F)(F)F. The molecule has 2 aliphatic heterocycles. The van der Waals surface area contributed by atoms with E-state index >= 15 is 0 Å². The van der Waals surface area contributed by atoms with Gasteiger partial charge in [0.1, 0.15) is 30.2 Å². The molecule has 4 rings (SSSR count). The number of nitrogens with two attached hydrogens (primary N) is 1. The van der Waals surface area contributed by atoms with Crippen LogP contribution in [0.4, 0.5) is 13.2 Å².